The number of nitrogens with one attached hydrogen (secondary N) is 1. The summed E-state index contributed by atoms with van der Waals surface area (Å²) in [6.45, 7) is 2.34. The molecule has 0 saturated carbocycles. The molecule has 4 nitrogen and oxygen atoms in total. The highest BCUT2D eigenvalue weighted by atomic mass is 19.4. The summed E-state index contributed by atoms with van der Waals surface area (Å²) in [6, 6.07) is 9.84. The first-order chi connectivity index (χ1) is 13.7. The molecule has 0 saturated heterocycles. The van der Waals surface area contributed by atoms with Crippen molar-refractivity contribution in [2.24, 2.45) is 0 Å². The van der Waals surface area contributed by atoms with E-state index in [1.54, 1.807) is 12.1 Å². The molecule has 0 fully saturated rings. The molecule has 0 bridgehead atoms. The van der Waals surface area contributed by atoms with Crippen LogP contribution in [0.2, 0.25) is 0 Å². The van der Waals surface area contributed by atoms with Gasteiger partial charge in [-0.2, -0.15) is 0 Å². The van der Waals surface area contributed by atoms with Crippen molar-refractivity contribution in [3.05, 3.63) is 65.0 Å². The van der Waals surface area contributed by atoms with E-state index in [9.17, 15) is 17.6 Å². The van der Waals surface area contributed by atoms with Crippen molar-refractivity contribution >= 4 is 5.57 Å². The smallest absolute Gasteiger partial charge is 0.489 e. The molecule has 0 unspecified atom stereocenters. The first-order valence-electron chi connectivity index (χ1n) is 9.09. The normalized spacial score (nSPS) is 14.0. The molecule has 0 atom stereocenters. The molecule has 1 aliphatic rings. The molecule has 0 amide bonds. The van der Waals surface area contributed by atoms with Crippen molar-refractivity contribution in [1.82, 2.24) is 10.2 Å². The van der Waals surface area contributed by atoms with Gasteiger partial charge in [0.1, 0.15) is 23.9 Å². The Morgan fingerprint density at radius 2 is 1.83 bits per heavy atom. The average Bonchev–Trinajstić information content (AvgIpc) is 2.64. The Labute approximate surface area is 166 Å². The van der Waals surface area contributed by atoms with Gasteiger partial charge in [0.2, 0.25) is 0 Å². The fourth-order valence-electron chi connectivity index (χ4n) is 3.11. The van der Waals surface area contributed by atoms with Gasteiger partial charge in [-0.05, 0) is 61.1 Å². The molecular formula is C21H22F4N2O2. The van der Waals surface area contributed by atoms with Gasteiger partial charge in [-0.1, -0.05) is 12.1 Å². The van der Waals surface area contributed by atoms with E-state index >= 15 is 0 Å². The standard InChI is InChI=1S/C21H22F4N2O2/c1-27(2)10-9-26-12-15-13-28-19-8-7-17(29-21(23,24)25)11-18(19)20(15)14-3-5-16(22)6-4-14/h3-8,11,26H,9-10,12-13H2,1-2H3. The molecule has 0 spiro atoms. The number of fused-ring (bicyclic) bond motifs is 1. The fourth-order valence-corrected chi connectivity index (χ4v) is 3.11. The lowest BCUT2D eigenvalue weighted by molar-refractivity contribution is -0.274. The third kappa shape index (κ3) is 5.71. The number of rotatable bonds is 7. The van der Waals surface area contributed by atoms with Crippen LogP contribution in [0.3, 0.4) is 0 Å². The quantitative estimate of drug-likeness (QED) is 0.551. The van der Waals surface area contributed by atoms with Crippen molar-refractivity contribution in [3.8, 4) is 11.5 Å². The zero-order valence-corrected chi connectivity index (χ0v) is 16.1. The molecule has 0 aliphatic carbocycles. The van der Waals surface area contributed by atoms with Gasteiger partial charge >= 0.3 is 6.36 Å². The molecule has 8 heteroatoms. The van der Waals surface area contributed by atoms with Crippen LogP contribution in [-0.4, -0.2) is 51.6 Å². The van der Waals surface area contributed by atoms with Gasteiger partial charge in [-0.15, -0.1) is 13.2 Å². The maximum absolute atomic E-state index is 13.4. The zero-order chi connectivity index (χ0) is 21.0. The molecule has 1 aliphatic heterocycles. The number of halogens is 4. The second kappa shape index (κ2) is 8.84. The first-order valence-corrected chi connectivity index (χ1v) is 9.09. The van der Waals surface area contributed by atoms with Crippen LogP contribution in [0.1, 0.15) is 11.1 Å². The van der Waals surface area contributed by atoms with Crippen LogP contribution in [0.15, 0.2) is 48.0 Å². The number of alkyl halides is 3. The number of hydrogen-bond acceptors (Lipinski definition) is 4. The molecule has 3 rings (SSSR count). The molecule has 1 N–H and O–H groups in total. The van der Waals surface area contributed by atoms with Crippen molar-refractivity contribution in [3.63, 3.8) is 0 Å². The van der Waals surface area contributed by atoms with E-state index in [-0.39, 0.29) is 18.2 Å². The Kier molecular flexibility index (Phi) is 6.44. The lowest BCUT2D eigenvalue weighted by atomic mass is 9.90. The fraction of sp³-hybridized carbons (Fsp3) is 0.333. The third-order valence-corrected chi connectivity index (χ3v) is 4.42. The summed E-state index contributed by atoms with van der Waals surface area (Å²) in [5.41, 5.74) is 2.77. The van der Waals surface area contributed by atoms with Crippen LogP contribution < -0.4 is 14.8 Å². The lowest BCUT2D eigenvalue weighted by Gasteiger charge is -2.26. The summed E-state index contributed by atoms with van der Waals surface area (Å²) >= 11 is 0. The van der Waals surface area contributed by atoms with Crippen LogP contribution in [0.5, 0.6) is 11.5 Å². The minimum absolute atomic E-state index is 0.286. The van der Waals surface area contributed by atoms with Gasteiger partial charge in [0.05, 0.1) is 0 Å². The van der Waals surface area contributed by atoms with E-state index in [1.165, 1.54) is 30.3 Å². The number of ether oxygens (including phenoxy) is 2. The molecule has 0 aromatic heterocycles. The van der Waals surface area contributed by atoms with Crippen LogP contribution >= 0.6 is 0 Å². The molecule has 2 aromatic rings. The molecule has 1 heterocycles. The highest BCUT2D eigenvalue weighted by Gasteiger charge is 2.32. The Morgan fingerprint density at radius 1 is 1.10 bits per heavy atom. The molecule has 0 radical (unpaired) electrons. The largest absolute Gasteiger partial charge is 0.573 e. The van der Waals surface area contributed by atoms with Crippen LogP contribution in [0, 0.1) is 5.82 Å². The SMILES string of the molecule is CN(C)CCNCC1=C(c2ccc(F)cc2)c2cc(OC(F)(F)F)ccc2OC1. The van der Waals surface area contributed by atoms with E-state index in [0.717, 1.165) is 24.2 Å². The first kappa shape index (κ1) is 21.1. The van der Waals surface area contributed by atoms with E-state index in [0.29, 0.717) is 23.4 Å². The van der Waals surface area contributed by atoms with Crippen LogP contribution in [-0.2, 0) is 0 Å². The predicted molar refractivity (Wildman–Crippen MR) is 102 cm³/mol. The summed E-state index contributed by atoms with van der Waals surface area (Å²) in [4.78, 5) is 2.04. The minimum Gasteiger partial charge on any atom is -0.489 e. The summed E-state index contributed by atoms with van der Waals surface area (Å²) in [5, 5.41) is 3.32. The van der Waals surface area contributed by atoms with Gasteiger partial charge in [-0.25, -0.2) is 4.39 Å². The zero-order valence-electron chi connectivity index (χ0n) is 16.1. The van der Waals surface area contributed by atoms with Gasteiger partial charge in [0.25, 0.3) is 0 Å². The molecular weight excluding hydrogens is 388 g/mol. The summed E-state index contributed by atoms with van der Waals surface area (Å²) in [7, 11) is 3.93. The second-order valence-electron chi connectivity index (χ2n) is 6.96. The molecule has 2 aromatic carbocycles. The maximum atomic E-state index is 13.4. The third-order valence-electron chi connectivity index (χ3n) is 4.42. The monoisotopic (exact) mass is 410 g/mol. The predicted octanol–water partition coefficient (Wildman–Crippen LogP) is 4.07. The number of hydrogen-bond donors (Lipinski definition) is 1. The van der Waals surface area contributed by atoms with Crippen LogP contribution in [0.25, 0.3) is 5.57 Å². The van der Waals surface area contributed by atoms with E-state index < -0.39 is 6.36 Å². The maximum Gasteiger partial charge on any atom is 0.573 e. The van der Waals surface area contributed by atoms with Gasteiger partial charge in [0, 0.05) is 25.2 Å². The Balaban J connectivity index is 1.98. The van der Waals surface area contributed by atoms with Crippen molar-refractivity contribution in [1.29, 1.82) is 0 Å². The minimum atomic E-state index is -4.79. The lowest BCUT2D eigenvalue weighted by Crippen LogP contribution is -2.30. The van der Waals surface area contributed by atoms with Crippen molar-refractivity contribution < 1.29 is 27.0 Å². The van der Waals surface area contributed by atoms with Gasteiger partial charge in [-0.3, -0.25) is 0 Å². The Bertz CT molecular complexity index is 877. The van der Waals surface area contributed by atoms with Gasteiger partial charge < -0.3 is 19.7 Å². The van der Waals surface area contributed by atoms with E-state index in [2.05, 4.69) is 10.1 Å². The molecule has 29 heavy (non-hydrogen) atoms. The van der Waals surface area contributed by atoms with E-state index in [1.807, 2.05) is 19.0 Å². The number of likely N-dealkylation sites (N-methyl/N-ethyl adjacent to an activating group) is 1. The highest BCUT2D eigenvalue weighted by molar-refractivity contribution is 5.87. The second-order valence-corrected chi connectivity index (χ2v) is 6.96. The summed E-state index contributed by atoms with van der Waals surface area (Å²) in [5.74, 6) is -0.265. The van der Waals surface area contributed by atoms with Crippen LogP contribution in [0.4, 0.5) is 17.6 Å². The topological polar surface area (TPSA) is 33.7 Å². The molecule has 156 valence electrons. The highest BCUT2D eigenvalue weighted by Crippen LogP contribution is 2.40. The van der Waals surface area contributed by atoms with Gasteiger partial charge in [0.15, 0.2) is 0 Å². The average molecular weight is 410 g/mol. The van der Waals surface area contributed by atoms with E-state index in [4.69, 9.17) is 4.74 Å². The number of benzene rings is 2. The van der Waals surface area contributed by atoms with Crippen molar-refractivity contribution in [2.75, 3.05) is 40.3 Å². The van der Waals surface area contributed by atoms with Crippen molar-refractivity contribution in [2.45, 2.75) is 6.36 Å². The Hall–Kier alpha value is -2.58. The summed E-state index contributed by atoms with van der Waals surface area (Å²) < 4.78 is 61.2. The summed E-state index contributed by atoms with van der Waals surface area (Å²) in [6.07, 6.45) is -4.79. The number of nitrogens with zero attached hydrogens (tertiary/aromatic N) is 1. The Morgan fingerprint density at radius 3 is 2.48 bits per heavy atom.